The summed E-state index contributed by atoms with van der Waals surface area (Å²) in [5, 5.41) is 24.8. The molecule has 1 rings (SSSR count). The van der Waals surface area contributed by atoms with Crippen LogP contribution in [0.1, 0.15) is 42.4 Å². The van der Waals surface area contributed by atoms with Gasteiger partial charge in [-0.3, -0.25) is 4.79 Å². The number of carbonyl (C=O) groups is 2. The normalized spacial score (nSPS) is 10.4. The maximum Gasteiger partial charge on any atom is 0.358 e. The molecule has 1 aromatic rings. The van der Waals surface area contributed by atoms with Gasteiger partial charge in [0.1, 0.15) is 0 Å². The molecule has 7 nitrogen and oxygen atoms in total. The molecular formula is C10H15N3O4. The minimum atomic E-state index is -1.13. The lowest BCUT2D eigenvalue weighted by molar-refractivity contribution is -0.137. The number of aliphatic carboxylic acids is 1. The molecule has 0 saturated heterocycles. The molecule has 2 N–H and O–H groups in total. The largest absolute Gasteiger partial charge is 0.481 e. The zero-order valence-electron chi connectivity index (χ0n) is 9.59. The van der Waals surface area contributed by atoms with Gasteiger partial charge in [0.15, 0.2) is 5.69 Å². The maximum absolute atomic E-state index is 10.9. The van der Waals surface area contributed by atoms with E-state index in [2.05, 4.69) is 10.3 Å². The molecule has 94 valence electrons. The standard InChI is InChI=1S/C10H15N3O4/c1-2-3-4-7-9(10(16)17)11-12-13(7)6-5-8(14)15/h2-6H2,1H3,(H,14,15)(H,16,17). The van der Waals surface area contributed by atoms with Crippen molar-refractivity contribution in [2.75, 3.05) is 0 Å². The molecule has 0 aliphatic carbocycles. The number of rotatable bonds is 7. The number of aryl methyl sites for hydroxylation is 1. The van der Waals surface area contributed by atoms with E-state index < -0.39 is 11.9 Å². The smallest absolute Gasteiger partial charge is 0.358 e. The van der Waals surface area contributed by atoms with Crippen LogP contribution in [-0.4, -0.2) is 37.1 Å². The van der Waals surface area contributed by atoms with Crippen molar-refractivity contribution in [3.05, 3.63) is 11.4 Å². The summed E-state index contributed by atoms with van der Waals surface area (Å²) < 4.78 is 1.37. The van der Waals surface area contributed by atoms with Crippen molar-refractivity contribution in [3.63, 3.8) is 0 Å². The highest BCUT2D eigenvalue weighted by Crippen LogP contribution is 2.10. The van der Waals surface area contributed by atoms with Gasteiger partial charge >= 0.3 is 11.9 Å². The lowest BCUT2D eigenvalue weighted by Gasteiger charge is -2.04. The minimum absolute atomic E-state index is 0.0798. The summed E-state index contributed by atoms with van der Waals surface area (Å²) >= 11 is 0. The maximum atomic E-state index is 10.9. The first kappa shape index (κ1) is 13.1. The Bertz CT molecular complexity index is 414. The minimum Gasteiger partial charge on any atom is -0.481 e. The molecule has 0 aromatic carbocycles. The first-order chi connectivity index (χ1) is 8.06. The van der Waals surface area contributed by atoms with E-state index in [1.54, 1.807) is 0 Å². The third-order valence-corrected chi connectivity index (χ3v) is 2.34. The van der Waals surface area contributed by atoms with Gasteiger partial charge in [-0.2, -0.15) is 0 Å². The lowest BCUT2D eigenvalue weighted by atomic mass is 10.1. The van der Waals surface area contributed by atoms with Gasteiger partial charge in [-0.1, -0.05) is 18.6 Å². The van der Waals surface area contributed by atoms with Crippen molar-refractivity contribution in [1.29, 1.82) is 0 Å². The molecule has 1 heterocycles. The first-order valence-electron chi connectivity index (χ1n) is 5.43. The Kier molecular flexibility index (Phi) is 4.62. The van der Waals surface area contributed by atoms with E-state index >= 15 is 0 Å². The van der Waals surface area contributed by atoms with E-state index in [1.165, 1.54) is 4.68 Å². The van der Waals surface area contributed by atoms with Crippen molar-refractivity contribution >= 4 is 11.9 Å². The van der Waals surface area contributed by atoms with Gasteiger partial charge < -0.3 is 10.2 Å². The van der Waals surface area contributed by atoms with E-state index in [0.717, 1.165) is 12.8 Å². The number of nitrogens with zero attached hydrogens (tertiary/aromatic N) is 3. The fourth-order valence-corrected chi connectivity index (χ4v) is 1.47. The number of hydrogen-bond donors (Lipinski definition) is 2. The number of carboxylic acids is 2. The number of hydrogen-bond acceptors (Lipinski definition) is 4. The van der Waals surface area contributed by atoms with E-state index in [4.69, 9.17) is 10.2 Å². The molecule has 0 aliphatic rings. The zero-order valence-corrected chi connectivity index (χ0v) is 9.59. The average molecular weight is 241 g/mol. The molecule has 17 heavy (non-hydrogen) atoms. The van der Waals surface area contributed by atoms with Crippen molar-refractivity contribution in [2.45, 2.75) is 39.2 Å². The highest BCUT2D eigenvalue weighted by atomic mass is 16.4. The predicted octanol–water partition coefficient (Wildman–Crippen LogP) is 0.794. The second kappa shape index (κ2) is 5.97. The SMILES string of the molecule is CCCCc1c(C(=O)O)nnn1CCC(=O)O. The van der Waals surface area contributed by atoms with Gasteiger partial charge in [-0.25, -0.2) is 9.48 Å². The predicted molar refractivity (Wildman–Crippen MR) is 57.8 cm³/mol. The van der Waals surface area contributed by atoms with Crippen LogP contribution in [0.25, 0.3) is 0 Å². The van der Waals surface area contributed by atoms with E-state index in [0.29, 0.717) is 12.1 Å². The van der Waals surface area contributed by atoms with Crippen LogP contribution in [0.15, 0.2) is 0 Å². The molecule has 0 saturated carbocycles. The Morgan fingerprint density at radius 3 is 2.59 bits per heavy atom. The number of aromatic nitrogens is 3. The molecule has 0 radical (unpaired) electrons. The van der Waals surface area contributed by atoms with Crippen LogP contribution in [0.2, 0.25) is 0 Å². The molecular weight excluding hydrogens is 226 g/mol. The molecule has 0 amide bonds. The van der Waals surface area contributed by atoms with Gasteiger partial charge in [-0.05, 0) is 12.8 Å². The molecule has 1 aromatic heterocycles. The van der Waals surface area contributed by atoms with Crippen LogP contribution in [-0.2, 0) is 17.8 Å². The van der Waals surface area contributed by atoms with Crippen LogP contribution < -0.4 is 0 Å². The quantitative estimate of drug-likeness (QED) is 0.731. The van der Waals surface area contributed by atoms with Crippen LogP contribution in [0.4, 0.5) is 0 Å². The van der Waals surface area contributed by atoms with Crippen LogP contribution in [0, 0.1) is 0 Å². The van der Waals surface area contributed by atoms with Crippen LogP contribution in [0.5, 0.6) is 0 Å². The summed E-state index contributed by atoms with van der Waals surface area (Å²) in [5.41, 5.74) is 0.421. The Hall–Kier alpha value is -1.92. The van der Waals surface area contributed by atoms with Crippen LogP contribution >= 0.6 is 0 Å². The number of carboxylic acid groups (broad SMARTS) is 2. The topological polar surface area (TPSA) is 105 Å². The average Bonchev–Trinajstić information content (AvgIpc) is 2.66. The van der Waals surface area contributed by atoms with Crippen molar-refractivity contribution in [1.82, 2.24) is 15.0 Å². The van der Waals surface area contributed by atoms with Gasteiger partial charge in [0.2, 0.25) is 0 Å². The summed E-state index contributed by atoms with van der Waals surface area (Å²) in [7, 11) is 0. The van der Waals surface area contributed by atoms with Gasteiger partial charge in [0.25, 0.3) is 0 Å². The summed E-state index contributed by atoms with van der Waals surface area (Å²) in [5.74, 6) is -2.07. The number of aromatic carboxylic acids is 1. The molecule has 0 unspecified atom stereocenters. The molecule has 0 bridgehead atoms. The summed E-state index contributed by atoms with van der Waals surface area (Å²) in [6.07, 6.45) is 2.19. The highest BCUT2D eigenvalue weighted by Gasteiger charge is 2.18. The second-order valence-corrected chi connectivity index (χ2v) is 3.66. The summed E-state index contributed by atoms with van der Waals surface area (Å²) in [6, 6.07) is 0. The Morgan fingerprint density at radius 2 is 2.06 bits per heavy atom. The Morgan fingerprint density at radius 1 is 1.35 bits per heavy atom. The third kappa shape index (κ3) is 3.54. The summed E-state index contributed by atoms with van der Waals surface area (Å²) in [4.78, 5) is 21.4. The van der Waals surface area contributed by atoms with Crippen LogP contribution in [0.3, 0.4) is 0 Å². The number of unbranched alkanes of at least 4 members (excludes halogenated alkanes) is 1. The molecule has 0 fully saturated rings. The fourth-order valence-electron chi connectivity index (χ4n) is 1.47. The van der Waals surface area contributed by atoms with Crippen molar-refractivity contribution < 1.29 is 19.8 Å². The van der Waals surface area contributed by atoms with Gasteiger partial charge in [-0.15, -0.1) is 5.10 Å². The van der Waals surface area contributed by atoms with E-state index in [9.17, 15) is 9.59 Å². The Balaban J connectivity index is 2.87. The van der Waals surface area contributed by atoms with Gasteiger partial charge in [0, 0.05) is 0 Å². The monoisotopic (exact) mass is 241 g/mol. The van der Waals surface area contributed by atoms with E-state index in [1.807, 2.05) is 6.92 Å². The zero-order chi connectivity index (χ0) is 12.8. The van der Waals surface area contributed by atoms with Crippen molar-refractivity contribution in [2.24, 2.45) is 0 Å². The molecule has 0 atom stereocenters. The lowest BCUT2D eigenvalue weighted by Crippen LogP contribution is -2.11. The Labute approximate surface area is 98.1 Å². The molecule has 0 aliphatic heterocycles. The van der Waals surface area contributed by atoms with Crippen molar-refractivity contribution in [3.8, 4) is 0 Å². The first-order valence-corrected chi connectivity index (χ1v) is 5.43. The molecule has 0 spiro atoms. The van der Waals surface area contributed by atoms with E-state index in [-0.39, 0.29) is 18.7 Å². The highest BCUT2D eigenvalue weighted by molar-refractivity contribution is 5.86. The molecule has 7 heteroatoms. The summed E-state index contributed by atoms with van der Waals surface area (Å²) in [6.45, 7) is 2.14. The second-order valence-electron chi connectivity index (χ2n) is 3.66. The third-order valence-electron chi connectivity index (χ3n) is 2.34. The van der Waals surface area contributed by atoms with Gasteiger partial charge in [0.05, 0.1) is 18.7 Å². The fraction of sp³-hybridized carbons (Fsp3) is 0.600.